The van der Waals surface area contributed by atoms with E-state index in [1.54, 1.807) is 7.11 Å². The molecule has 0 saturated carbocycles. The summed E-state index contributed by atoms with van der Waals surface area (Å²) >= 11 is 0. The van der Waals surface area contributed by atoms with Gasteiger partial charge in [0, 0.05) is 39.2 Å². The molecule has 1 unspecified atom stereocenters. The van der Waals surface area contributed by atoms with E-state index in [4.69, 9.17) is 10.5 Å². The van der Waals surface area contributed by atoms with Gasteiger partial charge < -0.3 is 20.7 Å². The lowest BCUT2D eigenvalue weighted by Crippen LogP contribution is -2.39. The number of carbonyl (C=O) groups excluding carboxylic acids is 1. The van der Waals surface area contributed by atoms with Crippen LogP contribution in [0.4, 0.5) is 0 Å². The predicted molar refractivity (Wildman–Crippen MR) is 65.2 cm³/mol. The highest BCUT2D eigenvalue weighted by atomic mass is 16.5. The van der Waals surface area contributed by atoms with E-state index in [1.165, 1.54) is 0 Å². The third-order valence-electron chi connectivity index (χ3n) is 2.62. The number of carbonyl (C=O) groups is 1. The summed E-state index contributed by atoms with van der Waals surface area (Å²) in [6.07, 6.45) is 0.793. The number of nitrogens with zero attached hydrogens (tertiary/aromatic N) is 1. The molecule has 0 radical (unpaired) electrons. The zero-order valence-corrected chi connectivity index (χ0v) is 10.7. The van der Waals surface area contributed by atoms with Gasteiger partial charge in [-0.3, -0.25) is 4.79 Å². The van der Waals surface area contributed by atoms with Gasteiger partial charge in [-0.2, -0.15) is 0 Å². The second kappa shape index (κ2) is 9.57. The summed E-state index contributed by atoms with van der Waals surface area (Å²) in [6.45, 7) is 5.47. The Kier molecular flexibility index (Phi) is 9.18. The highest BCUT2D eigenvalue weighted by molar-refractivity contribution is 5.78. The number of hydrogen-bond donors (Lipinski definition) is 2. The summed E-state index contributed by atoms with van der Waals surface area (Å²) in [5.41, 5.74) is 5.49. The molecule has 0 aliphatic carbocycles. The van der Waals surface area contributed by atoms with Crippen LogP contribution in [0.2, 0.25) is 0 Å². The van der Waals surface area contributed by atoms with Crippen molar-refractivity contribution in [3.63, 3.8) is 0 Å². The fourth-order valence-corrected chi connectivity index (χ4v) is 1.33. The van der Waals surface area contributed by atoms with Gasteiger partial charge in [-0.25, -0.2) is 0 Å². The summed E-state index contributed by atoms with van der Waals surface area (Å²) < 4.78 is 4.97. The average molecular weight is 231 g/mol. The Balaban J connectivity index is 3.60. The van der Waals surface area contributed by atoms with Crippen LogP contribution < -0.4 is 11.1 Å². The number of hydrogen-bond acceptors (Lipinski definition) is 4. The zero-order valence-electron chi connectivity index (χ0n) is 10.7. The minimum atomic E-state index is -0.0516. The van der Waals surface area contributed by atoms with Crippen molar-refractivity contribution >= 4 is 5.91 Å². The van der Waals surface area contributed by atoms with E-state index in [2.05, 4.69) is 10.2 Å². The molecular weight excluding hydrogens is 206 g/mol. The maximum Gasteiger partial charge on any atom is 0.224 e. The smallest absolute Gasteiger partial charge is 0.224 e. The Bertz CT molecular complexity index is 184. The molecule has 96 valence electrons. The standard InChI is InChI=1S/C11H25N3O2/c1-4-10(9-12)11(15)13-5-6-14(2)7-8-16-3/h10H,4-9,12H2,1-3H3,(H,13,15). The van der Waals surface area contributed by atoms with Crippen LogP contribution in [-0.4, -0.2) is 57.8 Å². The first-order valence-electron chi connectivity index (χ1n) is 5.80. The van der Waals surface area contributed by atoms with E-state index >= 15 is 0 Å². The predicted octanol–water partition coefficient (Wildman–Crippen LogP) is -0.334. The third-order valence-corrected chi connectivity index (χ3v) is 2.62. The number of likely N-dealkylation sites (N-methyl/N-ethyl adjacent to an activating group) is 1. The number of rotatable bonds is 9. The van der Waals surface area contributed by atoms with Crippen LogP contribution in [0.1, 0.15) is 13.3 Å². The van der Waals surface area contributed by atoms with Crippen molar-refractivity contribution in [3.05, 3.63) is 0 Å². The van der Waals surface area contributed by atoms with Gasteiger partial charge in [0.25, 0.3) is 0 Å². The summed E-state index contributed by atoms with van der Waals surface area (Å²) in [6, 6.07) is 0. The molecule has 0 aliphatic rings. The monoisotopic (exact) mass is 231 g/mol. The maximum absolute atomic E-state index is 11.6. The summed E-state index contributed by atoms with van der Waals surface area (Å²) in [5, 5.41) is 2.89. The van der Waals surface area contributed by atoms with Crippen LogP contribution >= 0.6 is 0 Å². The van der Waals surface area contributed by atoms with Gasteiger partial charge in [0.1, 0.15) is 0 Å². The van der Waals surface area contributed by atoms with E-state index in [9.17, 15) is 4.79 Å². The van der Waals surface area contributed by atoms with Gasteiger partial charge in [-0.05, 0) is 13.5 Å². The highest BCUT2D eigenvalue weighted by Gasteiger charge is 2.13. The molecule has 3 N–H and O–H groups in total. The van der Waals surface area contributed by atoms with Crippen molar-refractivity contribution in [2.24, 2.45) is 11.7 Å². The van der Waals surface area contributed by atoms with Crippen molar-refractivity contribution in [2.45, 2.75) is 13.3 Å². The molecule has 16 heavy (non-hydrogen) atoms. The molecule has 5 nitrogen and oxygen atoms in total. The maximum atomic E-state index is 11.6. The molecule has 1 amide bonds. The van der Waals surface area contributed by atoms with E-state index in [1.807, 2.05) is 14.0 Å². The Morgan fingerprint density at radius 2 is 2.19 bits per heavy atom. The molecule has 0 aliphatic heterocycles. The second-order valence-electron chi connectivity index (χ2n) is 3.93. The van der Waals surface area contributed by atoms with Crippen molar-refractivity contribution in [1.29, 1.82) is 0 Å². The molecule has 0 fully saturated rings. The van der Waals surface area contributed by atoms with Crippen molar-refractivity contribution < 1.29 is 9.53 Å². The van der Waals surface area contributed by atoms with Gasteiger partial charge in [0.2, 0.25) is 5.91 Å². The molecule has 0 saturated heterocycles. The van der Waals surface area contributed by atoms with Crippen LogP contribution in [-0.2, 0) is 9.53 Å². The Labute approximate surface area is 98.3 Å². The lowest BCUT2D eigenvalue weighted by Gasteiger charge is -2.17. The van der Waals surface area contributed by atoms with Gasteiger partial charge in [-0.15, -0.1) is 0 Å². The molecule has 1 atom stereocenters. The fraction of sp³-hybridized carbons (Fsp3) is 0.909. The first-order chi connectivity index (χ1) is 7.65. The van der Waals surface area contributed by atoms with Crippen LogP contribution in [0.15, 0.2) is 0 Å². The van der Waals surface area contributed by atoms with Crippen molar-refractivity contribution in [3.8, 4) is 0 Å². The lowest BCUT2D eigenvalue weighted by molar-refractivity contribution is -0.124. The number of nitrogens with one attached hydrogen (secondary N) is 1. The van der Waals surface area contributed by atoms with Gasteiger partial charge in [0.05, 0.1) is 6.61 Å². The van der Waals surface area contributed by atoms with Crippen molar-refractivity contribution in [2.75, 3.05) is 46.9 Å². The SMILES string of the molecule is CCC(CN)C(=O)NCCN(C)CCOC. The van der Waals surface area contributed by atoms with Crippen molar-refractivity contribution in [1.82, 2.24) is 10.2 Å². The molecular formula is C11H25N3O2. The summed E-state index contributed by atoms with van der Waals surface area (Å²) in [7, 11) is 3.69. The Hall–Kier alpha value is -0.650. The zero-order chi connectivity index (χ0) is 12.4. The van der Waals surface area contributed by atoms with E-state index in [0.717, 1.165) is 19.5 Å². The number of nitrogens with two attached hydrogens (primary N) is 1. The first-order valence-corrected chi connectivity index (χ1v) is 5.80. The highest BCUT2D eigenvalue weighted by Crippen LogP contribution is 1.98. The molecule has 0 aromatic rings. The minimum Gasteiger partial charge on any atom is -0.383 e. The molecule has 0 aromatic heterocycles. The number of methoxy groups -OCH3 is 1. The molecule has 5 heteroatoms. The Morgan fingerprint density at radius 1 is 1.50 bits per heavy atom. The molecule has 0 heterocycles. The molecule has 0 spiro atoms. The average Bonchev–Trinajstić information content (AvgIpc) is 2.28. The van der Waals surface area contributed by atoms with Crippen LogP contribution in [0.5, 0.6) is 0 Å². The summed E-state index contributed by atoms with van der Waals surface area (Å²) in [4.78, 5) is 13.7. The topological polar surface area (TPSA) is 67.6 Å². The van der Waals surface area contributed by atoms with Gasteiger partial charge in [-0.1, -0.05) is 6.92 Å². The molecule has 0 aromatic carbocycles. The normalized spacial score (nSPS) is 12.8. The van der Waals surface area contributed by atoms with Crippen LogP contribution in [0.25, 0.3) is 0 Å². The third kappa shape index (κ3) is 6.76. The number of amides is 1. The summed E-state index contributed by atoms with van der Waals surface area (Å²) in [5.74, 6) is 0.00872. The lowest BCUT2D eigenvalue weighted by atomic mass is 10.1. The van der Waals surface area contributed by atoms with E-state index in [0.29, 0.717) is 19.7 Å². The Morgan fingerprint density at radius 3 is 2.69 bits per heavy atom. The molecule has 0 rings (SSSR count). The minimum absolute atomic E-state index is 0.0516. The largest absolute Gasteiger partial charge is 0.383 e. The van der Waals surface area contributed by atoms with E-state index in [-0.39, 0.29) is 11.8 Å². The first kappa shape index (κ1) is 15.3. The van der Waals surface area contributed by atoms with E-state index < -0.39 is 0 Å². The number of ether oxygens (including phenoxy) is 1. The molecule has 0 bridgehead atoms. The van der Waals surface area contributed by atoms with Gasteiger partial charge >= 0.3 is 0 Å². The quantitative estimate of drug-likeness (QED) is 0.570. The van der Waals surface area contributed by atoms with Crippen LogP contribution in [0, 0.1) is 5.92 Å². The second-order valence-corrected chi connectivity index (χ2v) is 3.93. The van der Waals surface area contributed by atoms with Crippen LogP contribution in [0.3, 0.4) is 0 Å². The fourth-order valence-electron chi connectivity index (χ4n) is 1.33. The van der Waals surface area contributed by atoms with Gasteiger partial charge in [0.15, 0.2) is 0 Å².